The Morgan fingerprint density at radius 2 is 1.97 bits per heavy atom. The maximum atomic E-state index is 12.8. The van der Waals surface area contributed by atoms with E-state index in [9.17, 15) is 14.4 Å². The van der Waals surface area contributed by atoms with E-state index in [1.54, 1.807) is 16.7 Å². The zero-order chi connectivity index (χ0) is 20.8. The standard InChI is InChI=1S/C22H24N2O4S/c1-14-11-17(15(2)23(14)16-7-5-4-6-8-16)19(25)12-28-21(27)18-13-29-22(3)10-9-20(26)24(18)22/h4-8,11,18H,9-10,12-13H2,1-3H3/t18-,22-/m0/s1. The number of esters is 1. The van der Waals surface area contributed by atoms with Crippen LogP contribution in [-0.2, 0) is 14.3 Å². The lowest BCUT2D eigenvalue weighted by Crippen LogP contribution is -2.46. The number of rotatable bonds is 5. The quantitative estimate of drug-likeness (QED) is 0.557. The molecule has 29 heavy (non-hydrogen) atoms. The second-order valence-corrected chi connectivity index (χ2v) is 9.25. The Morgan fingerprint density at radius 1 is 1.24 bits per heavy atom. The van der Waals surface area contributed by atoms with Crippen LogP contribution in [-0.4, -0.2) is 50.4 Å². The van der Waals surface area contributed by atoms with Crippen molar-refractivity contribution < 1.29 is 19.1 Å². The number of aryl methyl sites for hydroxylation is 1. The third kappa shape index (κ3) is 3.37. The Morgan fingerprint density at radius 3 is 2.69 bits per heavy atom. The van der Waals surface area contributed by atoms with Gasteiger partial charge in [-0.15, -0.1) is 11.8 Å². The molecule has 1 amide bonds. The van der Waals surface area contributed by atoms with Gasteiger partial charge in [0.2, 0.25) is 11.7 Å². The van der Waals surface area contributed by atoms with Crippen molar-refractivity contribution in [1.29, 1.82) is 0 Å². The van der Waals surface area contributed by atoms with E-state index in [1.165, 1.54) is 0 Å². The summed E-state index contributed by atoms with van der Waals surface area (Å²) in [4.78, 5) is 38.9. The van der Waals surface area contributed by atoms with E-state index in [-0.39, 0.29) is 23.2 Å². The Hall–Kier alpha value is -2.54. The molecule has 0 saturated carbocycles. The Balaban J connectivity index is 1.46. The number of hydrogen-bond donors (Lipinski definition) is 0. The molecule has 2 atom stereocenters. The van der Waals surface area contributed by atoms with Gasteiger partial charge in [0, 0.05) is 34.8 Å². The van der Waals surface area contributed by atoms with Crippen LogP contribution < -0.4 is 0 Å². The molecule has 2 aromatic rings. The van der Waals surface area contributed by atoms with E-state index in [2.05, 4.69) is 0 Å². The molecule has 0 spiro atoms. The van der Waals surface area contributed by atoms with E-state index < -0.39 is 12.0 Å². The smallest absolute Gasteiger partial charge is 0.330 e. The van der Waals surface area contributed by atoms with Gasteiger partial charge >= 0.3 is 5.97 Å². The fourth-order valence-electron chi connectivity index (χ4n) is 4.33. The highest BCUT2D eigenvalue weighted by atomic mass is 32.2. The average Bonchev–Trinajstić information content (AvgIpc) is 3.31. The molecule has 7 heteroatoms. The second kappa shape index (κ2) is 7.37. The minimum absolute atomic E-state index is 0.0165. The lowest BCUT2D eigenvalue weighted by molar-refractivity contribution is -0.152. The molecule has 0 bridgehead atoms. The van der Waals surface area contributed by atoms with Crippen LogP contribution in [0, 0.1) is 13.8 Å². The van der Waals surface area contributed by atoms with Crippen molar-refractivity contribution in [3.8, 4) is 5.69 Å². The molecule has 2 fully saturated rings. The predicted molar refractivity (Wildman–Crippen MR) is 111 cm³/mol. The molecule has 2 saturated heterocycles. The summed E-state index contributed by atoms with van der Waals surface area (Å²) in [6.07, 6.45) is 1.20. The molecule has 3 heterocycles. The minimum Gasteiger partial charge on any atom is -0.456 e. The number of amides is 1. The van der Waals surface area contributed by atoms with Crippen molar-refractivity contribution in [2.75, 3.05) is 12.4 Å². The molecule has 2 aliphatic rings. The van der Waals surface area contributed by atoms with Crippen molar-refractivity contribution >= 4 is 29.4 Å². The van der Waals surface area contributed by atoms with Gasteiger partial charge in [0.05, 0.1) is 4.87 Å². The van der Waals surface area contributed by atoms with Gasteiger partial charge in [-0.25, -0.2) is 4.79 Å². The first kappa shape index (κ1) is 19.8. The van der Waals surface area contributed by atoms with Crippen molar-refractivity contribution in [3.05, 3.63) is 53.3 Å². The van der Waals surface area contributed by atoms with Crippen LogP contribution in [0.4, 0.5) is 0 Å². The van der Waals surface area contributed by atoms with Gasteiger partial charge in [0.25, 0.3) is 0 Å². The summed E-state index contributed by atoms with van der Waals surface area (Å²) >= 11 is 1.61. The molecule has 6 nitrogen and oxygen atoms in total. The van der Waals surface area contributed by atoms with E-state index in [0.717, 1.165) is 23.5 Å². The second-order valence-electron chi connectivity index (χ2n) is 7.75. The maximum Gasteiger partial charge on any atom is 0.330 e. The zero-order valence-corrected chi connectivity index (χ0v) is 17.6. The first-order valence-electron chi connectivity index (χ1n) is 9.72. The minimum atomic E-state index is -0.607. The number of carbonyl (C=O) groups is 3. The Bertz CT molecular complexity index is 984. The Kier molecular flexibility index (Phi) is 5.02. The molecule has 1 aromatic carbocycles. The monoisotopic (exact) mass is 412 g/mol. The predicted octanol–water partition coefficient (Wildman–Crippen LogP) is 3.27. The fraction of sp³-hybridized carbons (Fsp3) is 0.409. The van der Waals surface area contributed by atoms with Crippen molar-refractivity contribution in [3.63, 3.8) is 0 Å². The molecule has 0 N–H and O–H groups in total. The van der Waals surface area contributed by atoms with Gasteiger partial charge in [-0.2, -0.15) is 0 Å². The summed E-state index contributed by atoms with van der Waals surface area (Å²) in [5.74, 6) is -0.244. The highest BCUT2D eigenvalue weighted by Crippen LogP contribution is 2.47. The van der Waals surface area contributed by atoms with Crippen LogP contribution >= 0.6 is 11.8 Å². The van der Waals surface area contributed by atoms with Crippen molar-refractivity contribution in [2.24, 2.45) is 0 Å². The number of carbonyl (C=O) groups excluding carboxylic acids is 3. The van der Waals surface area contributed by atoms with Gasteiger partial charge in [-0.1, -0.05) is 18.2 Å². The number of nitrogens with zero attached hydrogens (tertiary/aromatic N) is 2. The third-order valence-electron chi connectivity index (χ3n) is 5.81. The highest BCUT2D eigenvalue weighted by Gasteiger charge is 2.53. The number of ketones is 1. The van der Waals surface area contributed by atoms with Gasteiger partial charge in [-0.05, 0) is 45.4 Å². The summed E-state index contributed by atoms with van der Waals surface area (Å²) in [7, 11) is 0. The van der Waals surface area contributed by atoms with Crippen LogP contribution in [0.3, 0.4) is 0 Å². The summed E-state index contributed by atoms with van der Waals surface area (Å²) in [5.41, 5.74) is 3.28. The number of ether oxygens (including phenoxy) is 1. The lowest BCUT2D eigenvalue weighted by atomic mass is 10.1. The van der Waals surface area contributed by atoms with E-state index in [4.69, 9.17) is 4.74 Å². The lowest BCUT2D eigenvalue weighted by Gasteiger charge is -2.29. The number of fused-ring (bicyclic) bond motifs is 1. The molecule has 1 aromatic heterocycles. The normalized spacial score (nSPS) is 23.3. The molecule has 0 radical (unpaired) electrons. The van der Waals surface area contributed by atoms with Crippen LogP contribution in [0.2, 0.25) is 0 Å². The molecular weight excluding hydrogens is 388 g/mol. The van der Waals surface area contributed by atoms with Gasteiger partial charge < -0.3 is 14.2 Å². The van der Waals surface area contributed by atoms with E-state index in [0.29, 0.717) is 17.7 Å². The third-order valence-corrected chi connectivity index (χ3v) is 7.31. The first-order chi connectivity index (χ1) is 13.8. The summed E-state index contributed by atoms with van der Waals surface area (Å²) in [6, 6.07) is 11.0. The van der Waals surface area contributed by atoms with Crippen LogP contribution in [0.15, 0.2) is 36.4 Å². The summed E-state index contributed by atoms with van der Waals surface area (Å²) < 4.78 is 7.36. The highest BCUT2D eigenvalue weighted by molar-refractivity contribution is 8.01. The van der Waals surface area contributed by atoms with Gasteiger partial charge in [0.1, 0.15) is 6.04 Å². The molecule has 152 valence electrons. The summed E-state index contributed by atoms with van der Waals surface area (Å²) in [5, 5.41) is 0. The summed E-state index contributed by atoms with van der Waals surface area (Å²) in [6.45, 7) is 5.49. The fourth-order valence-corrected chi connectivity index (χ4v) is 5.74. The van der Waals surface area contributed by atoms with E-state index in [1.807, 2.05) is 61.7 Å². The van der Waals surface area contributed by atoms with Crippen LogP contribution in [0.5, 0.6) is 0 Å². The van der Waals surface area contributed by atoms with Crippen LogP contribution in [0.25, 0.3) is 5.69 Å². The number of aromatic nitrogens is 1. The first-order valence-corrected chi connectivity index (χ1v) is 10.7. The number of thioether (sulfide) groups is 1. The van der Waals surface area contributed by atoms with Crippen molar-refractivity contribution in [2.45, 2.75) is 44.5 Å². The zero-order valence-electron chi connectivity index (χ0n) is 16.8. The topological polar surface area (TPSA) is 68.6 Å². The SMILES string of the molecule is Cc1cc(C(=O)COC(=O)[C@@H]2CS[C@@]3(C)CCC(=O)N23)c(C)n1-c1ccccc1. The van der Waals surface area contributed by atoms with Gasteiger partial charge in [0.15, 0.2) is 6.61 Å². The molecule has 0 aliphatic carbocycles. The van der Waals surface area contributed by atoms with E-state index >= 15 is 0 Å². The molecule has 2 aliphatic heterocycles. The Labute approximate surface area is 174 Å². The van der Waals surface area contributed by atoms with Crippen molar-refractivity contribution in [1.82, 2.24) is 9.47 Å². The average molecular weight is 413 g/mol. The van der Waals surface area contributed by atoms with Crippen LogP contribution in [0.1, 0.15) is 41.5 Å². The number of Topliss-reactive ketones (excluding diaryl/α,β-unsaturated/α-hetero) is 1. The molecule has 4 rings (SSSR count). The number of hydrogen-bond acceptors (Lipinski definition) is 5. The molecule has 0 unspecified atom stereocenters. The maximum absolute atomic E-state index is 12.8. The largest absolute Gasteiger partial charge is 0.456 e. The number of benzene rings is 1. The van der Waals surface area contributed by atoms with Gasteiger partial charge in [-0.3, -0.25) is 9.59 Å². The molecular formula is C22H24N2O4S. The number of para-hydroxylation sites is 1.